The zero-order chi connectivity index (χ0) is 14.4. The van der Waals surface area contributed by atoms with Gasteiger partial charge in [0.05, 0.1) is 5.56 Å². The molecule has 5 nitrogen and oxygen atoms in total. The van der Waals surface area contributed by atoms with Crippen LogP contribution in [0.25, 0.3) is 0 Å². The van der Waals surface area contributed by atoms with E-state index in [1.54, 1.807) is 0 Å². The highest BCUT2D eigenvalue weighted by Gasteiger charge is 2.22. The number of amides is 1. The topological polar surface area (TPSA) is 62.6 Å². The molecule has 110 valence electrons. The molecule has 1 atom stereocenters. The zero-order valence-corrected chi connectivity index (χ0v) is 11.9. The maximum absolute atomic E-state index is 12.5. The lowest BCUT2D eigenvalue weighted by Gasteiger charge is -2.25. The Labute approximate surface area is 119 Å². The van der Waals surface area contributed by atoms with Crippen molar-refractivity contribution < 1.29 is 9.21 Å². The second-order valence-electron chi connectivity index (χ2n) is 5.24. The van der Waals surface area contributed by atoms with E-state index in [1.807, 2.05) is 4.90 Å². The minimum Gasteiger partial charge on any atom is -0.430 e. The van der Waals surface area contributed by atoms with E-state index >= 15 is 0 Å². The predicted molar refractivity (Wildman–Crippen MR) is 76.8 cm³/mol. The highest BCUT2D eigenvalue weighted by Crippen LogP contribution is 2.11. The summed E-state index contributed by atoms with van der Waals surface area (Å²) in [5, 5.41) is 3.41. The van der Waals surface area contributed by atoms with Crippen LogP contribution in [0.4, 0.5) is 0 Å². The molecule has 1 unspecified atom stereocenters. The number of rotatable bonds is 6. The maximum Gasteiger partial charge on any atom is 0.335 e. The first-order chi connectivity index (χ1) is 9.70. The van der Waals surface area contributed by atoms with Gasteiger partial charge >= 0.3 is 5.63 Å². The van der Waals surface area contributed by atoms with Crippen LogP contribution in [-0.4, -0.2) is 36.5 Å². The summed E-state index contributed by atoms with van der Waals surface area (Å²) in [5.41, 5.74) is 0.0119. The molecule has 1 amide bonds. The van der Waals surface area contributed by atoms with Crippen molar-refractivity contribution in [2.75, 3.05) is 19.6 Å². The van der Waals surface area contributed by atoms with Gasteiger partial charge in [0.15, 0.2) is 0 Å². The molecular weight excluding hydrogens is 256 g/mol. The van der Waals surface area contributed by atoms with Crippen LogP contribution in [0.5, 0.6) is 0 Å². The molecule has 1 aliphatic rings. The lowest BCUT2D eigenvalue weighted by molar-refractivity contribution is 0.0736. The van der Waals surface area contributed by atoms with Crippen molar-refractivity contribution >= 4 is 5.91 Å². The monoisotopic (exact) mass is 278 g/mol. The Balaban J connectivity index is 2.05. The third-order valence-electron chi connectivity index (χ3n) is 3.62. The first kappa shape index (κ1) is 14.8. The molecule has 1 aliphatic heterocycles. The third-order valence-corrected chi connectivity index (χ3v) is 3.62. The predicted octanol–water partition coefficient (Wildman–Crippen LogP) is 1.63. The molecule has 0 aliphatic carbocycles. The van der Waals surface area contributed by atoms with Crippen LogP contribution in [0, 0.1) is 0 Å². The second-order valence-corrected chi connectivity index (χ2v) is 5.24. The largest absolute Gasteiger partial charge is 0.430 e. The zero-order valence-electron chi connectivity index (χ0n) is 11.9. The van der Waals surface area contributed by atoms with Gasteiger partial charge in [0.1, 0.15) is 6.26 Å². The molecule has 5 heteroatoms. The Morgan fingerprint density at radius 2 is 2.35 bits per heavy atom. The summed E-state index contributed by atoms with van der Waals surface area (Å²) in [6.45, 7) is 4.60. The van der Waals surface area contributed by atoms with E-state index in [-0.39, 0.29) is 5.91 Å². The second kappa shape index (κ2) is 7.24. The van der Waals surface area contributed by atoms with Crippen LogP contribution >= 0.6 is 0 Å². The van der Waals surface area contributed by atoms with Gasteiger partial charge in [0.25, 0.3) is 5.91 Å². The van der Waals surface area contributed by atoms with Crippen molar-refractivity contribution in [1.29, 1.82) is 0 Å². The molecular formula is C15H22N2O3. The van der Waals surface area contributed by atoms with Crippen molar-refractivity contribution in [2.24, 2.45) is 0 Å². The summed E-state index contributed by atoms with van der Waals surface area (Å²) in [5.74, 6) is -0.0594. The molecule has 2 rings (SSSR count). The van der Waals surface area contributed by atoms with Gasteiger partial charge in [-0.3, -0.25) is 4.79 Å². The SMILES string of the molecule is CCCCN(CC1CCCN1)C(=O)c1ccc(=O)oc1. The molecule has 0 bridgehead atoms. The van der Waals surface area contributed by atoms with E-state index in [2.05, 4.69) is 12.2 Å². The van der Waals surface area contributed by atoms with E-state index in [0.717, 1.165) is 38.9 Å². The van der Waals surface area contributed by atoms with Crippen LogP contribution in [0.1, 0.15) is 43.0 Å². The summed E-state index contributed by atoms with van der Waals surface area (Å²) >= 11 is 0. The van der Waals surface area contributed by atoms with Gasteiger partial charge in [0, 0.05) is 25.2 Å². The average Bonchev–Trinajstić information content (AvgIpc) is 2.96. The number of hydrogen-bond donors (Lipinski definition) is 1. The summed E-state index contributed by atoms with van der Waals surface area (Å²) in [6, 6.07) is 3.21. The quantitative estimate of drug-likeness (QED) is 0.859. The van der Waals surface area contributed by atoms with E-state index < -0.39 is 5.63 Å². The molecule has 1 aromatic rings. The number of carbonyl (C=O) groups is 1. The lowest BCUT2D eigenvalue weighted by atomic mass is 10.1. The molecule has 1 fully saturated rings. The van der Waals surface area contributed by atoms with E-state index in [9.17, 15) is 9.59 Å². The first-order valence-electron chi connectivity index (χ1n) is 7.32. The summed E-state index contributed by atoms with van der Waals surface area (Å²) in [4.78, 5) is 25.3. The van der Waals surface area contributed by atoms with Crippen LogP contribution in [0.2, 0.25) is 0 Å². The Hall–Kier alpha value is -1.62. The van der Waals surface area contributed by atoms with Gasteiger partial charge in [-0.1, -0.05) is 13.3 Å². The summed E-state index contributed by atoms with van der Waals surface area (Å²) in [7, 11) is 0. The fraction of sp³-hybridized carbons (Fsp3) is 0.600. The average molecular weight is 278 g/mol. The number of unbranched alkanes of at least 4 members (excludes halogenated alkanes) is 1. The molecule has 2 heterocycles. The molecule has 0 radical (unpaired) electrons. The Kier molecular flexibility index (Phi) is 5.35. The minimum absolute atomic E-state index is 0.0594. The van der Waals surface area contributed by atoms with Crippen molar-refractivity contribution in [3.05, 3.63) is 34.4 Å². The molecule has 1 aromatic heterocycles. The fourth-order valence-electron chi connectivity index (χ4n) is 2.47. The fourth-order valence-corrected chi connectivity index (χ4v) is 2.47. The smallest absolute Gasteiger partial charge is 0.335 e. The Morgan fingerprint density at radius 3 is 2.95 bits per heavy atom. The first-order valence-corrected chi connectivity index (χ1v) is 7.32. The van der Waals surface area contributed by atoms with Gasteiger partial charge in [0.2, 0.25) is 0 Å². The standard InChI is InChI=1S/C15H22N2O3/c1-2-3-9-17(10-13-5-4-8-16-13)15(19)12-6-7-14(18)20-11-12/h6-7,11,13,16H,2-5,8-10H2,1H3. The normalized spacial score (nSPS) is 18.1. The van der Waals surface area contributed by atoms with E-state index in [4.69, 9.17) is 4.42 Å². The number of nitrogens with one attached hydrogen (secondary N) is 1. The molecule has 20 heavy (non-hydrogen) atoms. The van der Waals surface area contributed by atoms with Crippen LogP contribution in [0.15, 0.2) is 27.6 Å². The summed E-state index contributed by atoms with van der Waals surface area (Å²) in [6.07, 6.45) is 5.56. The van der Waals surface area contributed by atoms with E-state index in [1.165, 1.54) is 24.8 Å². The summed E-state index contributed by atoms with van der Waals surface area (Å²) < 4.78 is 4.79. The Morgan fingerprint density at radius 1 is 1.50 bits per heavy atom. The molecule has 0 aromatic carbocycles. The van der Waals surface area contributed by atoms with Crippen LogP contribution in [-0.2, 0) is 0 Å². The van der Waals surface area contributed by atoms with Crippen molar-refractivity contribution in [3.8, 4) is 0 Å². The van der Waals surface area contributed by atoms with Gasteiger partial charge < -0.3 is 14.6 Å². The molecule has 1 N–H and O–H groups in total. The van der Waals surface area contributed by atoms with Gasteiger partial charge in [-0.2, -0.15) is 0 Å². The van der Waals surface area contributed by atoms with Crippen molar-refractivity contribution in [2.45, 2.75) is 38.6 Å². The Bertz CT molecular complexity index is 472. The maximum atomic E-state index is 12.5. The molecule has 0 saturated carbocycles. The minimum atomic E-state index is -0.431. The highest BCUT2D eigenvalue weighted by atomic mass is 16.4. The highest BCUT2D eigenvalue weighted by molar-refractivity contribution is 5.93. The van der Waals surface area contributed by atoms with Crippen LogP contribution in [0.3, 0.4) is 0 Å². The van der Waals surface area contributed by atoms with Gasteiger partial charge in [-0.05, 0) is 31.9 Å². The lowest BCUT2D eigenvalue weighted by Crippen LogP contribution is -2.41. The molecule has 1 saturated heterocycles. The van der Waals surface area contributed by atoms with Crippen LogP contribution < -0.4 is 10.9 Å². The van der Waals surface area contributed by atoms with Gasteiger partial charge in [-0.15, -0.1) is 0 Å². The number of nitrogens with zero attached hydrogens (tertiary/aromatic N) is 1. The van der Waals surface area contributed by atoms with Gasteiger partial charge in [-0.25, -0.2) is 4.79 Å². The van der Waals surface area contributed by atoms with Crippen molar-refractivity contribution in [1.82, 2.24) is 10.2 Å². The van der Waals surface area contributed by atoms with E-state index in [0.29, 0.717) is 11.6 Å². The number of carbonyl (C=O) groups excluding carboxylic acids is 1. The van der Waals surface area contributed by atoms with Crippen molar-refractivity contribution in [3.63, 3.8) is 0 Å². The third kappa shape index (κ3) is 3.93. The molecule has 0 spiro atoms. The number of hydrogen-bond acceptors (Lipinski definition) is 4.